The van der Waals surface area contributed by atoms with Gasteiger partial charge in [0.15, 0.2) is 11.8 Å². The summed E-state index contributed by atoms with van der Waals surface area (Å²) in [7, 11) is 1.74. The Morgan fingerprint density at radius 2 is 1.86 bits per heavy atom. The zero-order chi connectivity index (χ0) is 34.9. The van der Waals surface area contributed by atoms with Crippen molar-refractivity contribution in [2.24, 2.45) is 10.8 Å². The van der Waals surface area contributed by atoms with E-state index in [-0.39, 0.29) is 28.7 Å². The number of hydrogen-bond acceptors (Lipinski definition) is 9. The van der Waals surface area contributed by atoms with Crippen LogP contribution in [0.5, 0.6) is 0 Å². The highest BCUT2D eigenvalue weighted by atomic mass is 19.1. The van der Waals surface area contributed by atoms with Crippen molar-refractivity contribution in [3.8, 4) is 0 Å². The van der Waals surface area contributed by atoms with E-state index in [0.29, 0.717) is 58.7 Å². The molecule has 0 unspecified atom stereocenters. The van der Waals surface area contributed by atoms with E-state index in [0.717, 1.165) is 56.6 Å². The molecule has 0 bridgehead atoms. The van der Waals surface area contributed by atoms with Gasteiger partial charge in [-0.05, 0) is 79.2 Å². The van der Waals surface area contributed by atoms with Gasteiger partial charge in [-0.2, -0.15) is 0 Å². The number of aliphatic hydroxyl groups is 2. The third-order valence-corrected chi connectivity index (χ3v) is 11.3. The number of aliphatic hydroxyl groups excluding tert-OH is 2. The molecule has 6 heterocycles. The number of aromatic nitrogens is 3. The Labute approximate surface area is 290 Å². The summed E-state index contributed by atoms with van der Waals surface area (Å²) >= 11 is 0. The smallest absolute Gasteiger partial charge is 0.279 e. The molecule has 260 valence electrons. The fraction of sp³-hybridized carbons (Fsp3) is 0.447. The van der Waals surface area contributed by atoms with Gasteiger partial charge in [-0.1, -0.05) is 13.8 Å². The molecule has 11 nitrogen and oxygen atoms in total. The molecule has 1 saturated carbocycles. The van der Waals surface area contributed by atoms with Crippen LogP contribution in [0.25, 0.3) is 5.57 Å². The standard InChI is InChI=1S/C38H42FN7O4/c1-37(2)17-27-30(18-37)45-12-13-46(36(50)34(45)33(27)39)35-28(21-47)26(6-9-40-35)23-14-29(31(22-48)43(3)20-23)42-32-5-4-24(19-41-32)44-10-7-38(8-11-44)15-25(49)16-38/h4-6,9,14,19-20,25,47,49H,7-8,10-13,15-18,21H2,1-3H3,(H,41,42). The van der Waals surface area contributed by atoms with Gasteiger partial charge in [-0.15, -0.1) is 0 Å². The summed E-state index contributed by atoms with van der Waals surface area (Å²) in [6.07, 6.45) is 12.1. The molecule has 2 fully saturated rings. The fourth-order valence-corrected chi connectivity index (χ4v) is 8.76. The van der Waals surface area contributed by atoms with Crippen molar-refractivity contribution in [1.82, 2.24) is 19.4 Å². The van der Waals surface area contributed by atoms with Crippen LogP contribution in [-0.4, -0.2) is 74.3 Å². The SMILES string of the molecule is CN1C=C(c2ccnc(N3CCn4c5c(c(F)c4C3=O)CC(C)(C)C5)c2CO)C=C(Nc2ccc(N3CCC4(CC3)CC(O)C4)cn2)C1=C=O. The van der Waals surface area contributed by atoms with Crippen molar-refractivity contribution >= 4 is 34.7 Å². The average Bonchev–Trinajstić information content (AvgIpc) is 3.54. The second-order valence-corrected chi connectivity index (χ2v) is 15.3. The van der Waals surface area contributed by atoms with Crippen LogP contribution in [0.1, 0.15) is 72.4 Å². The Kier molecular flexibility index (Phi) is 7.74. The molecule has 50 heavy (non-hydrogen) atoms. The molecule has 3 aromatic heterocycles. The molecular weight excluding hydrogens is 637 g/mol. The first-order valence-electron chi connectivity index (χ1n) is 17.4. The summed E-state index contributed by atoms with van der Waals surface area (Å²) in [6.45, 7) is 6.39. The summed E-state index contributed by atoms with van der Waals surface area (Å²) < 4.78 is 17.6. The lowest BCUT2D eigenvalue weighted by atomic mass is 9.61. The Hall–Kier alpha value is -4.77. The van der Waals surface area contributed by atoms with Gasteiger partial charge >= 0.3 is 0 Å². The number of nitrogens with zero attached hydrogens (tertiary/aromatic N) is 6. The summed E-state index contributed by atoms with van der Waals surface area (Å²) in [5.41, 5.74) is 5.32. The Balaban J connectivity index is 1.04. The Bertz CT molecular complexity index is 1990. The summed E-state index contributed by atoms with van der Waals surface area (Å²) in [4.78, 5) is 40.6. The minimum absolute atomic E-state index is 0.0486. The molecule has 3 aliphatic heterocycles. The Morgan fingerprint density at radius 1 is 1.08 bits per heavy atom. The number of halogens is 1. The third-order valence-electron chi connectivity index (χ3n) is 11.3. The van der Waals surface area contributed by atoms with Gasteiger partial charge in [0.25, 0.3) is 5.91 Å². The molecule has 5 aliphatic rings. The number of piperidine rings is 1. The first-order valence-corrected chi connectivity index (χ1v) is 17.4. The molecule has 8 rings (SSSR count). The number of nitrogens with one attached hydrogen (secondary N) is 1. The van der Waals surface area contributed by atoms with Crippen LogP contribution in [-0.2, 0) is 30.8 Å². The molecular formula is C38H42FN7O4. The molecule has 3 N–H and O–H groups in total. The van der Waals surface area contributed by atoms with Crippen LogP contribution in [0, 0.1) is 16.6 Å². The highest BCUT2D eigenvalue weighted by Crippen LogP contribution is 2.49. The van der Waals surface area contributed by atoms with E-state index in [9.17, 15) is 19.8 Å². The lowest BCUT2D eigenvalue weighted by molar-refractivity contribution is -0.0464. The van der Waals surface area contributed by atoms with Crippen LogP contribution in [0.3, 0.4) is 0 Å². The molecule has 1 saturated heterocycles. The first-order chi connectivity index (χ1) is 24.0. The van der Waals surface area contributed by atoms with Gasteiger partial charge in [0, 0.05) is 68.0 Å². The lowest BCUT2D eigenvalue weighted by Gasteiger charge is -2.50. The number of hydrogen-bond donors (Lipinski definition) is 3. The highest BCUT2D eigenvalue weighted by Gasteiger charge is 2.45. The number of carbonyl (C=O) groups excluding carboxylic acids is 2. The lowest BCUT2D eigenvalue weighted by Crippen LogP contribution is -2.49. The van der Waals surface area contributed by atoms with E-state index in [1.165, 1.54) is 4.90 Å². The van der Waals surface area contributed by atoms with Crippen LogP contribution in [0.2, 0.25) is 0 Å². The van der Waals surface area contributed by atoms with Crippen molar-refractivity contribution in [3.05, 3.63) is 88.2 Å². The van der Waals surface area contributed by atoms with Crippen molar-refractivity contribution < 1.29 is 24.2 Å². The zero-order valence-corrected chi connectivity index (χ0v) is 28.7. The monoisotopic (exact) mass is 679 g/mol. The summed E-state index contributed by atoms with van der Waals surface area (Å²) in [6, 6.07) is 5.65. The highest BCUT2D eigenvalue weighted by molar-refractivity contribution is 6.06. The summed E-state index contributed by atoms with van der Waals surface area (Å²) in [5, 5.41) is 23.8. The van der Waals surface area contributed by atoms with Crippen molar-refractivity contribution in [2.75, 3.05) is 41.8 Å². The van der Waals surface area contributed by atoms with Gasteiger partial charge in [-0.3, -0.25) is 9.69 Å². The number of pyridine rings is 2. The summed E-state index contributed by atoms with van der Waals surface area (Å²) in [5.74, 6) is 1.93. The molecule has 1 amide bonds. The Morgan fingerprint density at radius 3 is 2.54 bits per heavy atom. The number of amides is 1. The molecule has 0 radical (unpaired) electrons. The molecule has 3 aromatic rings. The molecule has 1 spiro atoms. The zero-order valence-electron chi connectivity index (χ0n) is 28.7. The molecule has 2 aliphatic carbocycles. The van der Waals surface area contributed by atoms with E-state index >= 15 is 4.39 Å². The topological polar surface area (TPSA) is 127 Å². The first kappa shape index (κ1) is 32.4. The van der Waals surface area contributed by atoms with Gasteiger partial charge < -0.3 is 29.9 Å². The number of carbonyl (C=O) groups is 1. The quantitative estimate of drug-likeness (QED) is 0.325. The maximum absolute atomic E-state index is 15.7. The molecule has 0 atom stereocenters. The van der Waals surface area contributed by atoms with E-state index < -0.39 is 18.3 Å². The van der Waals surface area contributed by atoms with Crippen molar-refractivity contribution in [2.45, 2.75) is 71.6 Å². The van der Waals surface area contributed by atoms with Crippen molar-refractivity contribution in [3.63, 3.8) is 0 Å². The number of allylic oxidation sites excluding steroid dienone is 2. The van der Waals surface area contributed by atoms with Gasteiger partial charge in [0.05, 0.1) is 30.3 Å². The molecule has 12 heteroatoms. The van der Waals surface area contributed by atoms with E-state index in [2.05, 4.69) is 34.0 Å². The number of anilines is 3. The average molecular weight is 680 g/mol. The number of fused-ring (bicyclic) bond motifs is 3. The maximum Gasteiger partial charge on any atom is 0.279 e. The van der Waals surface area contributed by atoms with E-state index in [1.54, 1.807) is 36.5 Å². The predicted molar refractivity (Wildman–Crippen MR) is 187 cm³/mol. The van der Waals surface area contributed by atoms with Crippen LogP contribution in [0.15, 0.2) is 54.3 Å². The minimum Gasteiger partial charge on any atom is -0.393 e. The van der Waals surface area contributed by atoms with Crippen LogP contribution >= 0.6 is 0 Å². The number of rotatable bonds is 6. The number of likely N-dealkylation sites (N-methyl/N-ethyl adjacent to an activating group) is 1. The van der Waals surface area contributed by atoms with Gasteiger partial charge in [0.1, 0.15) is 23.0 Å². The van der Waals surface area contributed by atoms with Crippen LogP contribution < -0.4 is 15.1 Å². The second kappa shape index (κ2) is 11.9. The maximum atomic E-state index is 15.7. The minimum atomic E-state index is -0.473. The van der Waals surface area contributed by atoms with E-state index in [4.69, 9.17) is 0 Å². The predicted octanol–water partition coefficient (Wildman–Crippen LogP) is 4.43. The second-order valence-electron chi connectivity index (χ2n) is 15.3. The normalized spacial score (nSPS) is 21.0. The molecule has 0 aromatic carbocycles. The van der Waals surface area contributed by atoms with E-state index in [1.807, 2.05) is 28.8 Å². The van der Waals surface area contributed by atoms with Crippen molar-refractivity contribution in [1.29, 1.82) is 0 Å². The largest absolute Gasteiger partial charge is 0.393 e. The van der Waals surface area contributed by atoms with Gasteiger partial charge in [0.2, 0.25) is 0 Å². The van der Waals surface area contributed by atoms with Crippen LogP contribution in [0.4, 0.5) is 21.7 Å². The van der Waals surface area contributed by atoms with Gasteiger partial charge in [-0.25, -0.2) is 19.2 Å². The fourth-order valence-electron chi connectivity index (χ4n) is 8.76. The third kappa shape index (κ3) is 5.33.